The first kappa shape index (κ1) is 19.2. The minimum absolute atomic E-state index is 0.119. The second-order valence-corrected chi connectivity index (χ2v) is 6.44. The summed E-state index contributed by atoms with van der Waals surface area (Å²) in [5.74, 6) is 2.22. The molecule has 2 aromatic carbocycles. The van der Waals surface area contributed by atoms with E-state index in [1.807, 2.05) is 48.3 Å². The fourth-order valence-corrected chi connectivity index (χ4v) is 2.26. The van der Waals surface area contributed by atoms with Crippen LogP contribution in [0.3, 0.4) is 0 Å². The Morgan fingerprint density at radius 2 is 1.52 bits per heavy atom. The molecule has 0 saturated heterocycles. The largest absolute Gasteiger partial charge is 0.489 e. The number of carbonyl (C=O) groups excluding carboxylic acids is 1. The van der Waals surface area contributed by atoms with Gasteiger partial charge in [0, 0.05) is 12.7 Å². The number of anilines is 1. The Kier molecular flexibility index (Phi) is 7.16. The van der Waals surface area contributed by atoms with Crippen LogP contribution >= 0.6 is 23.2 Å². The van der Waals surface area contributed by atoms with Crippen LogP contribution < -0.4 is 14.4 Å². The topological polar surface area (TPSA) is 38.8 Å². The summed E-state index contributed by atoms with van der Waals surface area (Å²) in [6, 6.07) is 14.8. The van der Waals surface area contributed by atoms with Crippen LogP contribution in [0.4, 0.5) is 5.69 Å². The highest BCUT2D eigenvalue weighted by Gasteiger charge is 2.04. The molecule has 0 aliphatic heterocycles. The number of likely N-dealkylation sites (N-methyl/N-ethyl adjacent to an activating group) is 1. The van der Waals surface area contributed by atoms with E-state index in [-0.39, 0.29) is 10.3 Å². The van der Waals surface area contributed by atoms with Gasteiger partial charge >= 0.3 is 0 Å². The van der Waals surface area contributed by atoms with Crippen molar-refractivity contribution in [2.75, 3.05) is 25.1 Å². The highest BCUT2D eigenvalue weighted by atomic mass is 35.5. The fourth-order valence-electron chi connectivity index (χ4n) is 2.13. The SMILES string of the molecule is CC(=O)CN(C)c1ccc(Oc2ccc(OCC=C(Cl)Cl)cc2)cc1. The van der Waals surface area contributed by atoms with E-state index in [2.05, 4.69) is 0 Å². The second-order valence-electron chi connectivity index (χ2n) is 5.43. The fraction of sp³-hybridized carbons (Fsp3) is 0.211. The van der Waals surface area contributed by atoms with Crippen LogP contribution in [0.15, 0.2) is 59.1 Å². The Bertz CT molecular complexity index is 723. The molecule has 0 aromatic heterocycles. The number of benzene rings is 2. The molecule has 0 heterocycles. The minimum Gasteiger partial charge on any atom is -0.489 e. The van der Waals surface area contributed by atoms with Crippen molar-refractivity contribution in [1.29, 1.82) is 0 Å². The average Bonchev–Trinajstić information content (AvgIpc) is 2.56. The third-order valence-electron chi connectivity index (χ3n) is 3.28. The molecule has 25 heavy (non-hydrogen) atoms. The van der Waals surface area contributed by atoms with E-state index < -0.39 is 0 Å². The summed E-state index contributed by atoms with van der Waals surface area (Å²) >= 11 is 11.0. The highest BCUT2D eigenvalue weighted by molar-refractivity contribution is 6.55. The Labute approximate surface area is 157 Å². The van der Waals surface area contributed by atoms with Gasteiger partial charge in [-0.3, -0.25) is 4.79 Å². The molecule has 0 saturated carbocycles. The summed E-state index contributed by atoms with van der Waals surface area (Å²) < 4.78 is 11.4. The molecule has 0 radical (unpaired) electrons. The molecule has 0 atom stereocenters. The zero-order valence-corrected chi connectivity index (χ0v) is 15.6. The molecule has 6 heteroatoms. The van der Waals surface area contributed by atoms with Crippen molar-refractivity contribution >= 4 is 34.7 Å². The molecule has 0 fully saturated rings. The third kappa shape index (κ3) is 6.69. The standard InChI is InChI=1S/C19H19Cl2NO3/c1-14(23)13-22(2)15-3-5-17(6-4-15)25-18-9-7-16(8-10-18)24-12-11-19(20)21/h3-11H,12-13H2,1-2H3. The molecule has 0 amide bonds. The van der Waals surface area contributed by atoms with Crippen molar-refractivity contribution in [3.05, 3.63) is 59.1 Å². The maximum absolute atomic E-state index is 11.2. The van der Waals surface area contributed by atoms with Gasteiger partial charge in [-0.1, -0.05) is 23.2 Å². The minimum atomic E-state index is 0.119. The number of nitrogens with zero attached hydrogens (tertiary/aromatic N) is 1. The molecule has 0 bridgehead atoms. The van der Waals surface area contributed by atoms with Crippen molar-refractivity contribution in [2.45, 2.75) is 6.92 Å². The first-order valence-corrected chi connectivity index (χ1v) is 8.42. The number of rotatable bonds is 8. The van der Waals surface area contributed by atoms with E-state index >= 15 is 0 Å². The summed E-state index contributed by atoms with van der Waals surface area (Å²) in [5.41, 5.74) is 0.956. The van der Waals surface area contributed by atoms with Gasteiger partial charge < -0.3 is 14.4 Å². The van der Waals surface area contributed by atoms with Crippen LogP contribution in [0.1, 0.15) is 6.92 Å². The maximum atomic E-state index is 11.2. The highest BCUT2D eigenvalue weighted by Crippen LogP contribution is 2.26. The zero-order valence-electron chi connectivity index (χ0n) is 14.0. The van der Waals surface area contributed by atoms with E-state index in [1.165, 1.54) is 0 Å². The molecule has 132 valence electrons. The lowest BCUT2D eigenvalue weighted by atomic mass is 10.2. The Hall–Kier alpha value is -2.17. The Morgan fingerprint density at radius 1 is 1.00 bits per heavy atom. The van der Waals surface area contributed by atoms with Gasteiger partial charge in [0.05, 0.1) is 6.54 Å². The van der Waals surface area contributed by atoms with Crippen molar-refractivity contribution in [3.63, 3.8) is 0 Å². The van der Waals surface area contributed by atoms with Gasteiger partial charge in [-0.05, 0) is 61.5 Å². The zero-order chi connectivity index (χ0) is 18.2. The van der Waals surface area contributed by atoms with E-state index in [4.69, 9.17) is 32.7 Å². The van der Waals surface area contributed by atoms with Crippen molar-refractivity contribution < 1.29 is 14.3 Å². The third-order valence-corrected chi connectivity index (χ3v) is 3.59. The first-order chi connectivity index (χ1) is 11.9. The number of ether oxygens (including phenoxy) is 2. The average molecular weight is 380 g/mol. The lowest BCUT2D eigenvalue weighted by Gasteiger charge is -2.17. The van der Waals surface area contributed by atoms with Crippen LogP contribution in [0.5, 0.6) is 17.2 Å². The Morgan fingerprint density at radius 3 is 2.04 bits per heavy atom. The summed E-state index contributed by atoms with van der Waals surface area (Å²) in [5, 5.41) is 0. The molecule has 0 spiro atoms. The molecule has 0 N–H and O–H groups in total. The number of hydrogen-bond donors (Lipinski definition) is 0. The second kappa shape index (κ2) is 9.35. The number of ketones is 1. The molecule has 4 nitrogen and oxygen atoms in total. The van der Waals surface area contributed by atoms with Crippen LogP contribution in [-0.4, -0.2) is 26.0 Å². The monoisotopic (exact) mass is 379 g/mol. The molecule has 2 aromatic rings. The van der Waals surface area contributed by atoms with Gasteiger partial charge in [0.1, 0.15) is 34.1 Å². The van der Waals surface area contributed by atoms with E-state index in [1.54, 1.807) is 25.1 Å². The quantitative estimate of drug-likeness (QED) is 0.631. The van der Waals surface area contributed by atoms with E-state index in [9.17, 15) is 4.79 Å². The van der Waals surface area contributed by atoms with Crippen LogP contribution in [0.25, 0.3) is 0 Å². The summed E-state index contributed by atoms with van der Waals surface area (Å²) in [4.78, 5) is 13.1. The van der Waals surface area contributed by atoms with Crippen molar-refractivity contribution in [3.8, 4) is 17.2 Å². The van der Waals surface area contributed by atoms with E-state index in [0.29, 0.717) is 30.4 Å². The van der Waals surface area contributed by atoms with Gasteiger partial charge in [-0.25, -0.2) is 0 Å². The Balaban J connectivity index is 1.93. The van der Waals surface area contributed by atoms with Gasteiger partial charge in [0.2, 0.25) is 0 Å². The van der Waals surface area contributed by atoms with Crippen LogP contribution in [0.2, 0.25) is 0 Å². The number of hydrogen-bond acceptors (Lipinski definition) is 4. The summed E-state index contributed by atoms with van der Waals surface area (Å²) in [7, 11) is 1.88. The van der Waals surface area contributed by atoms with Crippen LogP contribution in [0, 0.1) is 0 Å². The predicted molar refractivity (Wildman–Crippen MR) is 102 cm³/mol. The predicted octanol–water partition coefficient (Wildman–Crippen LogP) is 5.20. The number of halogens is 2. The van der Waals surface area contributed by atoms with Gasteiger partial charge in [0.25, 0.3) is 0 Å². The lowest BCUT2D eigenvalue weighted by Crippen LogP contribution is -2.23. The lowest BCUT2D eigenvalue weighted by molar-refractivity contribution is -0.115. The molecule has 0 unspecified atom stereocenters. The number of carbonyl (C=O) groups is 1. The number of Topliss-reactive ketones (excluding diaryl/α,β-unsaturated/α-hetero) is 1. The summed E-state index contributed by atoms with van der Waals surface area (Å²) in [6.07, 6.45) is 1.57. The van der Waals surface area contributed by atoms with E-state index in [0.717, 1.165) is 5.69 Å². The first-order valence-electron chi connectivity index (χ1n) is 7.66. The molecular weight excluding hydrogens is 361 g/mol. The maximum Gasteiger partial charge on any atom is 0.149 e. The van der Waals surface area contributed by atoms with Gasteiger partial charge in [-0.2, -0.15) is 0 Å². The molecule has 2 rings (SSSR count). The normalized spacial score (nSPS) is 10.1. The molecule has 0 aliphatic rings. The molecular formula is C19H19Cl2NO3. The van der Waals surface area contributed by atoms with Gasteiger partial charge in [-0.15, -0.1) is 0 Å². The van der Waals surface area contributed by atoms with Crippen molar-refractivity contribution in [1.82, 2.24) is 0 Å². The molecule has 0 aliphatic carbocycles. The summed E-state index contributed by atoms with van der Waals surface area (Å²) in [6.45, 7) is 2.26. The van der Waals surface area contributed by atoms with Crippen molar-refractivity contribution in [2.24, 2.45) is 0 Å². The van der Waals surface area contributed by atoms with Gasteiger partial charge in [0.15, 0.2) is 0 Å². The van der Waals surface area contributed by atoms with Crippen LogP contribution in [-0.2, 0) is 4.79 Å². The smallest absolute Gasteiger partial charge is 0.149 e.